The number of hydrogen-bond donors (Lipinski definition) is 3. The van der Waals surface area contributed by atoms with E-state index in [1.807, 2.05) is 11.4 Å². The first-order valence-electron chi connectivity index (χ1n) is 10.8. The lowest BCUT2D eigenvalue weighted by molar-refractivity contribution is -0.143. The summed E-state index contributed by atoms with van der Waals surface area (Å²) in [5.74, 6) is -1.13. The minimum Gasteiger partial charge on any atom is -0.326 e. The lowest BCUT2D eigenvalue weighted by Crippen LogP contribution is -2.49. The van der Waals surface area contributed by atoms with Gasteiger partial charge in [0.05, 0.1) is 11.1 Å². The van der Waals surface area contributed by atoms with Crippen molar-refractivity contribution in [2.24, 2.45) is 5.92 Å². The highest BCUT2D eigenvalue weighted by Gasteiger charge is 2.37. The van der Waals surface area contributed by atoms with E-state index in [-0.39, 0.29) is 11.2 Å². The fourth-order valence-corrected chi connectivity index (χ4v) is 3.94. The van der Waals surface area contributed by atoms with Gasteiger partial charge in [-0.05, 0) is 24.1 Å². The molecule has 0 spiro atoms. The molecule has 3 rings (SSSR count). The van der Waals surface area contributed by atoms with Crippen LogP contribution in [0.5, 0.6) is 0 Å². The minimum absolute atomic E-state index is 0.0513. The molecule has 1 aromatic heterocycles. The molecule has 0 aliphatic rings. The van der Waals surface area contributed by atoms with Gasteiger partial charge in [-0.15, -0.1) is 10.2 Å². The van der Waals surface area contributed by atoms with Gasteiger partial charge in [-0.25, -0.2) is 4.79 Å². The molecule has 0 saturated heterocycles. The number of urea groups is 1. The Morgan fingerprint density at radius 1 is 0.919 bits per heavy atom. The molecular formula is C23H21F6N5O2S. The van der Waals surface area contributed by atoms with E-state index >= 15 is 0 Å². The highest BCUT2D eigenvalue weighted by atomic mass is 32.1. The molecule has 0 aliphatic carbocycles. The average Bonchev–Trinajstić information content (AvgIpc) is 3.29. The quantitative estimate of drug-likeness (QED) is 0.299. The molecule has 3 aromatic rings. The van der Waals surface area contributed by atoms with Gasteiger partial charge in [0.25, 0.3) is 0 Å². The zero-order valence-electron chi connectivity index (χ0n) is 19.4. The van der Waals surface area contributed by atoms with Crippen LogP contribution in [0.2, 0.25) is 0 Å². The molecule has 0 radical (unpaired) electrons. The number of carbonyl (C=O) groups excluding carboxylic acids is 2. The Labute approximate surface area is 211 Å². The van der Waals surface area contributed by atoms with Crippen LogP contribution in [0, 0.1) is 5.92 Å². The summed E-state index contributed by atoms with van der Waals surface area (Å²) >= 11 is 1.08. The highest BCUT2D eigenvalue weighted by molar-refractivity contribution is 7.18. The van der Waals surface area contributed by atoms with Gasteiger partial charge >= 0.3 is 18.4 Å². The van der Waals surface area contributed by atoms with Crippen molar-refractivity contribution in [3.63, 3.8) is 0 Å². The van der Waals surface area contributed by atoms with Crippen LogP contribution in [-0.2, 0) is 17.1 Å². The van der Waals surface area contributed by atoms with Crippen LogP contribution in [0.3, 0.4) is 0 Å². The maximum Gasteiger partial charge on any atom is 0.416 e. The fourth-order valence-electron chi connectivity index (χ4n) is 3.19. The van der Waals surface area contributed by atoms with Crippen LogP contribution in [0.4, 0.5) is 42.0 Å². The number of benzene rings is 2. The van der Waals surface area contributed by atoms with Crippen molar-refractivity contribution in [1.29, 1.82) is 0 Å². The summed E-state index contributed by atoms with van der Waals surface area (Å²) < 4.78 is 78.6. The van der Waals surface area contributed by atoms with Crippen molar-refractivity contribution in [3.8, 4) is 10.6 Å². The normalized spacial score (nSPS) is 13.5. The number of nitrogens with zero attached hydrogens (tertiary/aromatic N) is 2. The SMILES string of the molecule is CC[C@@H](C)[C@H](NC(=O)Nc1cc(C(F)(F)F)cc(C(F)(F)F)c1)C(=O)Nc1nnc(-c2ccccc2)s1. The van der Waals surface area contributed by atoms with Crippen LogP contribution < -0.4 is 16.0 Å². The molecule has 0 unspecified atom stereocenters. The molecule has 0 fully saturated rings. The van der Waals surface area contributed by atoms with Crippen LogP contribution in [0.1, 0.15) is 31.4 Å². The lowest BCUT2D eigenvalue weighted by atomic mass is 9.98. The smallest absolute Gasteiger partial charge is 0.326 e. The van der Waals surface area contributed by atoms with E-state index in [1.165, 1.54) is 0 Å². The maximum atomic E-state index is 13.1. The van der Waals surface area contributed by atoms with Gasteiger partial charge in [-0.3, -0.25) is 10.1 Å². The molecule has 3 amide bonds. The number of hydrogen-bond acceptors (Lipinski definition) is 5. The molecule has 198 valence electrons. The summed E-state index contributed by atoms with van der Waals surface area (Å²) in [5, 5.41) is 15.4. The number of alkyl halides is 6. The summed E-state index contributed by atoms with van der Waals surface area (Å²) in [6.45, 7) is 3.39. The molecule has 0 saturated carbocycles. The van der Waals surface area contributed by atoms with E-state index in [4.69, 9.17) is 0 Å². The second-order valence-electron chi connectivity index (χ2n) is 8.02. The molecule has 37 heavy (non-hydrogen) atoms. The highest BCUT2D eigenvalue weighted by Crippen LogP contribution is 2.37. The summed E-state index contributed by atoms with van der Waals surface area (Å²) in [7, 11) is 0. The predicted octanol–water partition coefficient (Wildman–Crippen LogP) is 6.42. The van der Waals surface area contributed by atoms with Gasteiger partial charge in [-0.2, -0.15) is 26.3 Å². The van der Waals surface area contributed by atoms with Crippen LogP contribution in [0.15, 0.2) is 48.5 Å². The molecule has 1 heterocycles. The lowest BCUT2D eigenvalue weighted by Gasteiger charge is -2.23. The maximum absolute atomic E-state index is 13.1. The largest absolute Gasteiger partial charge is 0.416 e. The number of amides is 3. The van der Waals surface area contributed by atoms with E-state index in [2.05, 4.69) is 20.8 Å². The van der Waals surface area contributed by atoms with Crippen molar-refractivity contribution in [2.75, 3.05) is 10.6 Å². The standard InChI is InChI=1S/C23H21F6N5O2S/c1-3-12(2)17(18(35)32-21-34-33-19(37-21)13-7-5-4-6-8-13)31-20(36)30-16-10-14(22(24,25)26)9-15(11-16)23(27,28)29/h4-12,17H,3H2,1-2H3,(H2,30,31,36)(H,32,34,35)/t12-,17+/m1/s1. The second-order valence-corrected chi connectivity index (χ2v) is 9.00. The Morgan fingerprint density at radius 2 is 1.51 bits per heavy atom. The summed E-state index contributed by atoms with van der Waals surface area (Å²) in [4.78, 5) is 25.4. The van der Waals surface area contributed by atoms with E-state index in [9.17, 15) is 35.9 Å². The average molecular weight is 546 g/mol. The zero-order chi connectivity index (χ0) is 27.4. The van der Waals surface area contributed by atoms with Gasteiger partial charge in [0, 0.05) is 11.3 Å². The number of nitrogens with one attached hydrogen (secondary N) is 3. The van der Waals surface area contributed by atoms with E-state index in [0.29, 0.717) is 23.6 Å². The minimum atomic E-state index is -5.08. The van der Waals surface area contributed by atoms with Gasteiger partial charge in [0.15, 0.2) is 0 Å². The van der Waals surface area contributed by atoms with Gasteiger partial charge in [0.1, 0.15) is 11.0 Å². The van der Waals surface area contributed by atoms with Crippen molar-refractivity contribution < 1.29 is 35.9 Å². The summed E-state index contributed by atoms with van der Waals surface area (Å²) in [6.07, 6.45) is -9.73. The van der Waals surface area contributed by atoms with Gasteiger partial charge in [-0.1, -0.05) is 61.9 Å². The second kappa shape index (κ2) is 11.2. The topological polar surface area (TPSA) is 96.0 Å². The molecule has 2 atom stereocenters. The van der Waals surface area contributed by atoms with Crippen molar-refractivity contribution in [1.82, 2.24) is 15.5 Å². The first-order valence-corrected chi connectivity index (χ1v) is 11.7. The van der Waals surface area contributed by atoms with Crippen molar-refractivity contribution in [3.05, 3.63) is 59.7 Å². The van der Waals surface area contributed by atoms with Gasteiger partial charge < -0.3 is 10.6 Å². The first kappa shape index (κ1) is 27.9. The Hall–Kier alpha value is -3.68. The van der Waals surface area contributed by atoms with Crippen LogP contribution in [0.25, 0.3) is 10.6 Å². The fraction of sp³-hybridized carbons (Fsp3) is 0.304. The molecule has 0 aliphatic heterocycles. The third kappa shape index (κ3) is 7.41. The number of anilines is 2. The van der Waals surface area contributed by atoms with E-state index in [1.54, 1.807) is 38.1 Å². The molecule has 7 nitrogen and oxygen atoms in total. The predicted molar refractivity (Wildman–Crippen MR) is 126 cm³/mol. The Balaban J connectivity index is 1.76. The number of rotatable bonds is 7. The Bertz CT molecular complexity index is 1210. The molecule has 3 N–H and O–H groups in total. The van der Waals surface area contributed by atoms with Crippen LogP contribution in [-0.4, -0.2) is 28.2 Å². The molecular weight excluding hydrogens is 524 g/mol. The first-order chi connectivity index (χ1) is 17.3. The number of halogens is 6. The molecule has 14 heteroatoms. The Kier molecular flexibility index (Phi) is 8.41. The van der Waals surface area contributed by atoms with Crippen molar-refractivity contribution >= 4 is 34.1 Å². The van der Waals surface area contributed by atoms with E-state index < -0.39 is 53.1 Å². The number of carbonyl (C=O) groups is 2. The molecule has 0 bridgehead atoms. The third-order valence-electron chi connectivity index (χ3n) is 5.30. The van der Waals surface area contributed by atoms with Crippen LogP contribution >= 0.6 is 11.3 Å². The summed E-state index contributed by atoms with van der Waals surface area (Å²) in [6, 6.07) is 7.40. The van der Waals surface area contributed by atoms with E-state index in [0.717, 1.165) is 16.9 Å². The summed E-state index contributed by atoms with van der Waals surface area (Å²) in [5.41, 5.74) is -3.13. The monoisotopic (exact) mass is 545 g/mol. The molecule has 2 aromatic carbocycles. The Morgan fingerprint density at radius 3 is 2.05 bits per heavy atom. The third-order valence-corrected chi connectivity index (χ3v) is 6.19. The zero-order valence-corrected chi connectivity index (χ0v) is 20.2. The van der Waals surface area contributed by atoms with Gasteiger partial charge in [0.2, 0.25) is 11.0 Å². The van der Waals surface area contributed by atoms with Crippen molar-refractivity contribution in [2.45, 2.75) is 38.7 Å². The number of aromatic nitrogens is 2.